The van der Waals surface area contributed by atoms with Crippen LogP contribution < -0.4 is 9.47 Å². The highest BCUT2D eigenvalue weighted by Crippen LogP contribution is 2.33. The molecule has 5 heteroatoms. The van der Waals surface area contributed by atoms with Gasteiger partial charge in [0.05, 0.1) is 37.1 Å². The minimum Gasteiger partial charge on any atom is -0.496 e. The number of aromatic nitrogens is 3. The summed E-state index contributed by atoms with van der Waals surface area (Å²) in [6.45, 7) is 0. The van der Waals surface area contributed by atoms with Gasteiger partial charge in [-0.3, -0.25) is 4.40 Å². The molecule has 0 radical (unpaired) electrons. The Bertz CT molecular complexity index is 1010. The molecule has 2 aromatic carbocycles. The SMILES string of the molecule is COc1ccccc1-c1cnc2c(OC)nc3ccccc3n12. The number of para-hydroxylation sites is 3. The molecule has 0 saturated heterocycles. The van der Waals surface area contributed by atoms with Gasteiger partial charge < -0.3 is 9.47 Å². The van der Waals surface area contributed by atoms with Crippen LogP contribution in [0.25, 0.3) is 27.9 Å². The topological polar surface area (TPSA) is 48.7 Å². The zero-order valence-electron chi connectivity index (χ0n) is 12.9. The zero-order valence-corrected chi connectivity index (χ0v) is 12.9. The van der Waals surface area contributed by atoms with Gasteiger partial charge in [0.2, 0.25) is 5.65 Å². The molecule has 0 fully saturated rings. The third kappa shape index (κ3) is 2.01. The van der Waals surface area contributed by atoms with Gasteiger partial charge in [-0.25, -0.2) is 9.97 Å². The molecule has 0 aliphatic heterocycles. The summed E-state index contributed by atoms with van der Waals surface area (Å²) in [7, 11) is 3.27. The lowest BCUT2D eigenvalue weighted by Gasteiger charge is -2.11. The number of ether oxygens (including phenoxy) is 2. The van der Waals surface area contributed by atoms with Crippen molar-refractivity contribution in [2.75, 3.05) is 14.2 Å². The lowest BCUT2D eigenvalue weighted by Crippen LogP contribution is -1.98. The fourth-order valence-electron chi connectivity index (χ4n) is 2.84. The molecule has 0 bridgehead atoms. The van der Waals surface area contributed by atoms with E-state index < -0.39 is 0 Å². The van der Waals surface area contributed by atoms with Crippen molar-refractivity contribution in [2.24, 2.45) is 0 Å². The second kappa shape index (κ2) is 5.28. The highest BCUT2D eigenvalue weighted by molar-refractivity contribution is 5.84. The first-order valence-electron chi connectivity index (χ1n) is 7.27. The van der Waals surface area contributed by atoms with Crippen LogP contribution in [0.15, 0.2) is 54.7 Å². The van der Waals surface area contributed by atoms with Crippen LogP contribution in [0.5, 0.6) is 11.6 Å². The Kier molecular flexibility index (Phi) is 3.12. The maximum Gasteiger partial charge on any atom is 0.258 e. The number of methoxy groups -OCH3 is 2. The van der Waals surface area contributed by atoms with Gasteiger partial charge in [-0.15, -0.1) is 0 Å². The largest absolute Gasteiger partial charge is 0.496 e. The van der Waals surface area contributed by atoms with E-state index in [0.717, 1.165) is 28.0 Å². The number of nitrogens with zero attached hydrogens (tertiary/aromatic N) is 3. The quantitative estimate of drug-likeness (QED) is 0.580. The Hall–Kier alpha value is -3.08. The van der Waals surface area contributed by atoms with Gasteiger partial charge in [-0.05, 0) is 24.3 Å². The van der Waals surface area contributed by atoms with E-state index >= 15 is 0 Å². The van der Waals surface area contributed by atoms with E-state index in [2.05, 4.69) is 14.4 Å². The molecule has 2 aromatic heterocycles. The van der Waals surface area contributed by atoms with Gasteiger partial charge in [0.1, 0.15) is 5.75 Å². The first-order valence-corrected chi connectivity index (χ1v) is 7.27. The molecule has 0 amide bonds. The average Bonchev–Trinajstić information content (AvgIpc) is 3.06. The Labute approximate surface area is 133 Å². The predicted molar refractivity (Wildman–Crippen MR) is 89.0 cm³/mol. The molecule has 2 heterocycles. The molecule has 23 heavy (non-hydrogen) atoms. The highest BCUT2D eigenvalue weighted by atomic mass is 16.5. The van der Waals surface area contributed by atoms with Gasteiger partial charge in [0.25, 0.3) is 5.88 Å². The lowest BCUT2D eigenvalue weighted by atomic mass is 10.1. The molecular formula is C18H15N3O2. The first kappa shape index (κ1) is 13.6. The number of rotatable bonds is 3. The van der Waals surface area contributed by atoms with Crippen molar-refractivity contribution in [3.05, 3.63) is 54.7 Å². The van der Waals surface area contributed by atoms with Crippen LogP contribution in [-0.2, 0) is 0 Å². The summed E-state index contributed by atoms with van der Waals surface area (Å²) in [6.07, 6.45) is 1.82. The number of fused-ring (bicyclic) bond motifs is 3. The Morgan fingerprint density at radius 2 is 1.70 bits per heavy atom. The second-order valence-corrected chi connectivity index (χ2v) is 5.11. The van der Waals surface area contributed by atoms with Crippen LogP contribution in [0.1, 0.15) is 0 Å². The number of hydrogen-bond acceptors (Lipinski definition) is 4. The number of hydrogen-bond donors (Lipinski definition) is 0. The molecule has 5 nitrogen and oxygen atoms in total. The first-order chi connectivity index (χ1) is 11.3. The number of imidazole rings is 1. The lowest BCUT2D eigenvalue weighted by molar-refractivity contribution is 0.402. The summed E-state index contributed by atoms with van der Waals surface area (Å²) in [6, 6.07) is 15.8. The molecule has 0 spiro atoms. The summed E-state index contributed by atoms with van der Waals surface area (Å²) in [4.78, 5) is 9.05. The van der Waals surface area contributed by atoms with Gasteiger partial charge in [-0.2, -0.15) is 0 Å². The predicted octanol–water partition coefficient (Wildman–Crippen LogP) is 3.57. The summed E-state index contributed by atoms with van der Waals surface area (Å²) >= 11 is 0. The van der Waals surface area contributed by atoms with E-state index in [0.29, 0.717) is 11.5 Å². The molecule has 114 valence electrons. The fourth-order valence-corrected chi connectivity index (χ4v) is 2.84. The Balaban J connectivity index is 2.15. The van der Waals surface area contributed by atoms with E-state index in [1.807, 2.05) is 54.7 Å². The summed E-state index contributed by atoms with van der Waals surface area (Å²) in [5, 5.41) is 0. The molecule has 0 atom stereocenters. The van der Waals surface area contributed by atoms with Gasteiger partial charge >= 0.3 is 0 Å². The van der Waals surface area contributed by atoms with Crippen LogP contribution in [0.2, 0.25) is 0 Å². The van der Waals surface area contributed by atoms with Crippen molar-refractivity contribution in [1.82, 2.24) is 14.4 Å². The molecule has 0 unspecified atom stereocenters. The molecular weight excluding hydrogens is 290 g/mol. The Morgan fingerprint density at radius 1 is 0.913 bits per heavy atom. The van der Waals surface area contributed by atoms with Gasteiger partial charge in [0, 0.05) is 5.56 Å². The van der Waals surface area contributed by atoms with E-state index in [-0.39, 0.29) is 0 Å². The third-order valence-corrected chi connectivity index (χ3v) is 3.87. The smallest absolute Gasteiger partial charge is 0.258 e. The monoisotopic (exact) mass is 305 g/mol. The van der Waals surface area contributed by atoms with Crippen molar-refractivity contribution in [3.63, 3.8) is 0 Å². The zero-order chi connectivity index (χ0) is 15.8. The maximum atomic E-state index is 5.50. The van der Waals surface area contributed by atoms with Crippen molar-refractivity contribution in [1.29, 1.82) is 0 Å². The Morgan fingerprint density at radius 3 is 2.52 bits per heavy atom. The average molecular weight is 305 g/mol. The third-order valence-electron chi connectivity index (χ3n) is 3.87. The van der Waals surface area contributed by atoms with Crippen LogP contribution in [0, 0.1) is 0 Å². The maximum absolute atomic E-state index is 5.50. The minimum atomic E-state index is 0.504. The van der Waals surface area contributed by atoms with Crippen molar-refractivity contribution in [3.8, 4) is 22.9 Å². The second-order valence-electron chi connectivity index (χ2n) is 5.11. The summed E-state index contributed by atoms with van der Waals surface area (Å²) < 4.78 is 13.0. The van der Waals surface area contributed by atoms with E-state index in [9.17, 15) is 0 Å². The molecule has 4 aromatic rings. The molecule has 0 aliphatic carbocycles. The summed E-state index contributed by atoms with van der Waals surface area (Å²) in [5.74, 6) is 1.30. The van der Waals surface area contributed by atoms with Crippen LogP contribution >= 0.6 is 0 Å². The van der Waals surface area contributed by atoms with Crippen molar-refractivity contribution in [2.45, 2.75) is 0 Å². The molecule has 0 saturated carbocycles. The van der Waals surface area contributed by atoms with Crippen molar-refractivity contribution >= 4 is 16.7 Å². The fraction of sp³-hybridized carbons (Fsp3) is 0.111. The van der Waals surface area contributed by atoms with Gasteiger partial charge in [0.15, 0.2) is 0 Å². The van der Waals surface area contributed by atoms with Crippen LogP contribution in [0.4, 0.5) is 0 Å². The minimum absolute atomic E-state index is 0.504. The number of benzene rings is 2. The van der Waals surface area contributed by atoms with E-state index in [1.165, 1.54) is 0 Å². The van der Waals surface area contributed by atoms with E-state index in [1.54, 1.807) is 14.2 Å². The van der Waals surface area contributed by atoms with Crippen LogP contribution in [0.3, 0.4) is 0 Å². The summed E-state index contributed by atoms with van der Waals surface area (Å²) in [5.41, 5.74) is 4.43. The highest BCUT2D eigenvalue weighted by Gasteiger charge is 2.16. The molecule has 0 N–H and O–H groups in total. The molecule has 4 rings (SSSR count). The van der Waals surface area contributed by atoms with Gasteiger partial charge in [-0.1, -0.05) is 24.3 Å². The van der Waals surface area contributed by atoms with Crippen LogP contribution in [-0.4, -0.2) is 28.6 Å². The standard InChI is InChI=1S/C18H15N3O2/c1-22-16-10-6-3-7-12(16)15-11-19-17-18(23-2)20-13-8-4-5-9-14(13)21(15)17/h3-11H,1-2H3. The van der Waals surface area contributed by atoms with Crippen molar-refractivity contribution < 1.29 is 9.47 Å². The van der Waals surface area contributed by atoms with E-state index in [4.69, 9.17) is 9.47 Å². The normalized spacial score (nSPS) is 11.0. The molecule has 0 aliphatic rings.